The number of nitriles is 1. The second-order valence-electron chi connectivity index (χ2n) is 9.57. The Balaban J connectivity index is 1.31. The number of β-amino-alcohol motifs (C(OH)–C–C–N with tert-alkyl or cyclic N) is 1. The first-order valence-corrected chi connectivity index (χ1v) is 11.5. The highest BCUT2D eigenvalue weighted by atomic mass is 16.5. The van der Waals surface area contributed by atoms with Crippen molar-refractivity contribution < 1.29 is 9.84 Å². The summed E-state index contributed by atoms with van der Waals surface area (Å²) in [6.45, 7) is 5.02. The molecule has 0 aromatic heterocycles. The predicted octanol–water partition coefficient (Wildman–Crippen LogP) is 5.15. The van der Waals surface area contributed by atoms with Gasteiger partial charge in [-0.15, -0.1) is 0 Å². The smallest absolute Gasteiger partial charge is 0.0995 e. The van der Waals surface area contributed by atoms with Gasteiger partial charge in [-0.05, 0) is 67.0 Å². The van der Waals surface area contributed by atoms with Crippen LogP contribution in [0.15, 0.2) is 66.7 Å². The Kier molecular flexibility index (Phi) is 6.91. The molecule has 1 fully saturated rings. The summed E-state index contributed by atoms with van der Waals surface area (Å²) in [6.07, 6.45) is 2.35. The van der Waals surface area contributed by atoms with Gasteiger partial charge in [0.25, 0.3) is 0 Å². The van der Waals surface area contributed by atoms with E-state index in [2.05, 4.69) is 67.7 Å². The van der Waals surface area contributed by atoms with Crippen LogP contribution in [0.25, 0.3) is 10.8 Å². The average Bonchev–Trinajstić information content (AvgIpc) is 3.63. The van der Waals surface area contributed by atoms with Crippen LogP contribution in [0.5, 0.6) is 0 Å². The summed E-state index contributed by atoms with van der Waals surface area (Å²) in [7, 11) is 0. The Morgan fingerprint density at radius 2 is 1.78 bits per heavy atom. The molecule has 0 aliphatic heterocycles. The zero-order chi connectivity index (χ0) is 22.6. The van der Waals surface area contributed by atoms with Crippen LogP contribution < -0.4 is 5.32 Å². The third kappa shape index (κ3) is 5.75. The lowest BCUT2D eigenvalue weighted by Gasteiger charge is -2.29. The molecule has 166 valence electrons. The van der Waals surface area contributed by atoms with Crippen molar-refractivity contribution in [3.8, 4) is 6.07 Å². The fourth-order valence-corrected chi connectivity index (χ4v) is 4.32. The third-order valence-electron chi connectivity index (χ3n) is 6.18. The molecule has 0 heterocycles. The highest BCUT2D eigenvalue weighted by Crippen LogP contribution is 2.44. The van der Waals surface area contributed by atoms with E-state index in [4.69, 9.17) is 4.74 Å². The van der Waals surface area contributed by atoms with Gasteiger partial charge < -0.3 is 15.2 Å². The maximum absolute atomic E-state index is 10.6. The van der Waals surface area contributed by atoms with Crippen molar-refractivity contribution in [3.63, 3.8) is 0 Å². The van der Waals surface area contributed by atoms with Gasteiger partial charge in [-0.3, -0.25) is 0 Å². The second kappa shape index (κ2) is 9.83. The topological polar surface area (TPSA) is 65.3 Å². The number of rotatable bonds is 10. The minimum Gasteiger partial charge on any atom is -0.389 e. The molecule has 1 aliphatic carbocycles. The number of hydrogen-bond donors (Lipinski definition) is 2. The number of fused-ring (bicyclic) bond motifs is 1. The van der Waals surface area contributed by atoms with Crippen molar-refractivity contribution in [2.24, 2.45) is 5.92 Å². The summed E-state index contributed by atoms with van der Waals surface area (Å²) in [5.41, 5.74) is 2.71. The first kappa shape index (κ1) is 22.5. The molecule has 0 saturated heterocycles. The number of hydrogen-bond acceptors (Lipinski definition) is 4. The number of nitrogens with one attached hydrogen (secondary N) is 1. The maximum atomic E-state index is 10.6. The minimum absolute atomic E-state index is 0.119. The number of benzene rings is 3. The summed E-state index contributed by atoms with van der Waals surface area (Å²) >= 11 is 0. The standard InChI is InChI=1S/C28H32N2O2/c1-28(2,16-20-11-12-21-7-3-4-8-23(21)15-20)30-18-25(31)19-32-27(22-13-14-22)26-10-6-5-9-24(26)17-29/h3-12,15,22,25,27,30-31H,13-14,16,18-19H2,1-2H3. The molecule has 4 heteroatoms. The van der Waals surface area contributed by atoms with Gasteiger partial charge in [0.2, 0.25) is 0 Å². The first-order chi connectivity index (χ1) is 15.4. The number of aliphatic hydroxyl groups excluding tert-OH is 1. The summed E-state index contributed by atoms with van der Waals surface area (Å²) in [6, 6.07) is 24.9. The Hall–Kier alpha value is -2.71. The summed E-state index contributed by atoms with van der Waals surface area (Å²) in [4.78, 5) is 0. The molecule has 1 saturated carbocycles. The molecule has 2 atom stereocenters. The van der Waals surface area contributed by atoms with E-state index in [0.29, 0.717) is 18.0 Å². The van der Waals surface area contributed by atoms with Gasteiger partial charge in [0.1, 0.15) is 0 Å². The van der Waals surface area contributed by atoms with E-state index in [1.165, 1.54) is 16.3 Å². The van der Waals surface area contributed by atoms with Gasteiger partial charge >= 0.3 is 0 Å². The van der Waals surface area contributed by atoms with Crippen LogP contribution in [0.3, 0.4) is 0 Å². The van der Waals surface area contributed by atoms with E-state index in [1.54, 1.807) is 0 Å². The molecular weight excluding hydrogens is 396 g/mol. The summed E-state index contributed by atoms with van der Waals surface area (Å²) in [5.74, 6) is 0.439. The van der Waals surface area contributed by atoms with E-state index in [1.807, 2.05) is 24.3 Å². The van der Waals surface area contributed by atoms with Crippen molar-refractivity contribution >= 4 is 10.8 Å². The van der Waals surface area contributed by atoms with E-state index >= 15 is 0 Å². The molecule has 3 aromatic carbocycles. The molecule has 3 aromatic rings. The normalized spacial score (nSPS) is 15.9. The van der Waals surface area contributed by atoms with Crippen molar-refractivity contribution in [2.75, 3.05) is 13.2 Å². The van der Waals surface area contributed by atoms with Gasteiger partial charge in [-0.2, -0.15) is 5.26 Å². The van der Waals surface area contributed by atoms with Crippen LogP contribution in [0.2, 0.25) is 0 Å². The molecule has 2 unspecified atom stereocenters. The zero-order valence-corrected chi connectivity index (χ0v) is 18.9. The lowest BCUT2D eigenvalue weighted by atomic mass is 9.93. The van der Waals surface area contributed by atoms with Crippen molar-refractivity contribution in [2.45, 2.75) is 50.9 Å². The minimum atomic E-state index is -0.610. The van der Waals surface area contributed by atoms with Gasteiger partial charge in [0.05, 0.1) is 30.4 Å². The van der Waals surface area contributed by atoms with E-state index in [9.17, 15) is 10.4 Å². The number of aliphatic hydroxyl groups is 1. The maximum Gasteiger partial charge on any atom is 0.0995 e. The van der Waals surface area contributed by atoms with E-state index in [0.717, 1.165) is 24.8 Å². The average molecular weight is 429 g/mol. The molecule has 32 heavy (non-hydrogen) atoms. The van der Waals surface area contributed by atoms with Crippen molar-refractivity contribution in [1.29, 1.82) is 5.26 Å². The molecule has 1 aliphatic rings. The van der Waals surface area contributed by atoms with Crippen LogP contribution in [0, 0.1) is 17.2 Å². The highest BCUT2D eigenvalue weighted by molar-refractivity contribution is 5.83. The van der Waals surface area contributed by atoms with Gasteiger partial charge in [0, 0.05) is 12.1 Å². The van der Waals surface area contributed by atoms with Crippen LogP contribution >= 0.6 is 0 Å². The number of nitrogens with zero attached hydrogens (tertiary/aromatic N) is 1. The lowest BCUT2D eigenvalue weighted by Crippen LogP contribution is -2.46. The van der Waals surface area contributed by atoms with Crippen molar-refractivity contribution in [1.82, 2.24) is 5.32 Å². The fourth-order valence-electron chi connectivity index (χ4n) is 4.32. The number of ether oxygens (including phenoxy) is 1. The monoisotopic (exact) mass is 428 g/mol. The highest BCUT2D eigenvalue weighted by Gasteiger charge is 2.35. The van der Waals surface area contributed by atoms with Gasteiger partial charge in [-0.25, -0.2) is 0 Å². The second-order valence-corrected chi connectivity index (χ2v) is 9.57. The van der Waals surface area contributed by atoms with Gasteiger partial charge in [0.15, 0.2) is 0 Å². The van der Waals surface area contributed by atoms with E-state index in [-0.39, 0.29) is 18.2 Å². The first-order valence-electron chi connectivity index (χ1n) is 11.5. The van der Waals surface area contributed by atoms with Gasteiger partial charge in [-0.1, -0.05) is 60.7 Å². The third-order valence-corrected chi connectivity index (χ3v) is 6.18. The molecule has 0 bridgehead atoms. The fraction of sp³-hybridized carbons (Fsp3) is 0.393. The molecule has 0 amide bonds. The lowest BCUT2D eigenvalue weighted by molar-refractivity contribution is -0.0212. The Bertz CT molecular complexity index is 1100. The molecule has 4 rings (SSSR count). The molecule has 0 radical (unpaired) electrons. The molecule has 4 nitrogen and oxygen atoms in total. The van der Waals surface area contributed by atoms with E-state index < -0.39 is 6.10 Å². The zero-order valence-electron chi connectivity index (χ0n) is 18.9. The summed E-state index contributed by atoms with van der Waals surface area (Å²) in [5, 5.41) is 26.0. The Labute approximate surface area is 190 Å². The molecule has 0 spiro atoms. The van der Waals surface area contributed by atoms with Crippen LogP contribution in [0.1, 0.15) is 49.5 Å². The SMILES string of the molecule is CC(C)(Cc1ccc2ccccc2c1)NCC(O)COC(c1ccccc1C#N)C1CC1. The molecular formula is C28H32N2O2. The largest absolute Gasteiger partial charge is 0.389 e. The predicted molar refractivity (Wildman–Crippen MR) is 128 cm³/mol. The van der Waals surface area contributed by atoms with Crippen molar-refractivity contribution in [3.05, 3.63) is 83.4 Å². The van der Waals surface area contributed by atoms with Crippen LogP contribution in [-0.2, 0) is 11.2 Å². The van der Waals surface area contributed by atoms with Crippen LogP contribution in [0.4, 0.5) is 0 Å². The molecule has 2 N–H and O–H groups in total. The Morgan fingerprint density at radius 3 is 2.53 bits per heavy atom. The summed E-state index contributed by atoms with van der Waals surface area (Å²) < 4.78 is 6.15. The van der Waals surface area contributed by atoms with Crippen LogP contribution in [-0.4, -0.2) is 29.9 Å². The Morgan fingerprint density at radius 1 is 1.06 bits per heavy atom. The quantitative estimate of drug-likeness (QED) is 0.469.